The third-order valence-electron chi connectivity index (χ3n) is 10.3. The molecule has 0 spiro atoms. The number of fused-ring (bicyclic) bond motifs is 10. The highest BCUT2D eigenvalue weighted by molar-refractivity contribution is 6.35. The summed E-state index contributed by atoms with van der Waals surface area (Å²) in [6.07, 6.45) is 0. The maximum absolute atomic E-state index is 14.1. The van der Waals surface area contributed by atoms with E-state index in [0.717, 1.165) is 76.9 Å². The summed E-state index contributed by atoms with van der Waals surface area (Å²) in [7, 11) is 0. The number of rotatable bonds is 2. The van der Waals surface area contributed by atoms with E-state index in [1.165, 1.54) is 0 Å². The van der Waals surface area contributed by atoms with Gasteiger partial charge in [0.25, 0.3) is 0 Å². The molecule has 0 unspecified atom stereocenters. The molecule has 0 radical (unpaired) electrons. The maximum Gasteiger partial charge on any atom is 0.197 e. The third kappa shape index (κ3) is 3.00. The van der Waals surface area contributed by atoms with Crippen molar-refractivity contribution in [2.45, 2.75) is 0 Å². The van der Waals surface area contributed by atoms with Crippen molar-refractivity contribution >= 4 is 76.2 Å². The van der Waals surface area contributed by atoms with Crippen LogP contribution in [0.25, 0.3) is 98.4 Å². The Hall–Kier alpha value is -6.52. The van der Waals surface area contributed by atoms with Crippen LogP contribution in [-0.4, -0.2) is 8.80 Å². The van der Waals surface area contributed by atoms with Crippen LogP contribution in [0, 0.1) is 0 Å². The SMILES string of the molecule is O=c1c2ccccc2n2c3c(-c4ccccc4)c4c(c(-c5ccccc5)c3c3cccc1c32)c1cccc2c(=O)c3ccccc3n4c21. The van der Waals surface area contributed by atoms with Crippen LogP contribution < -0.4 is 10.9 Å². The first-order valence-electron chi connectivity index (χ1n) is 16.2. The van der Waals surface area contributed by atoms with E-state index >= 15 is 0 Å². The van der Waals surface area contributed by atoms with Crippen molar-refractivity contribution in [2.75, 3.05) is 0 Å². The van der Waals surface area contributed by atoms with Gasteiger partial charge in [-0.15, -0.1) is 0 Å². The Balaban J connectivity index is 1.62. The number of hydrogen-bond donors (Lipinski definition) is 0. The second kappa shape index (κ2) is 9.05. The zero-order chi connectivity index (χ0) is 31.7. The van der Waals surface area contributed by atoms with Gasteiger partial charge in [0.2, 0.25) is 0 Å². The van der Waals surface area contributed by atoms with Crippen molar-refractivity contribution in [3.8, 4) is 22.3 Å². The van der Waals surface area contributed by atoms with Crippen LogP contribution in [0.2, 0.25) is 0 Å². The van der Waals surface area contributed by atoms with Gasteiger partial charge in [-0.1, -0.05) is 109 Å². The van der Waals surface area contributed by atoms with Gasteiger partial charge in [-0.3, -0.25) is 9.59 Å². The number of para-hydroxylation sites is 4. The van der Waals surface area contributed by atoms with Crippen molar-refractivity contribution in [3.63, 3.8) is 0 Å². The topological polar surface area (TPSA) is 43.0 Å². The number of hydrogen-bond acceptors (Lipinski definition) is 2. The first-order valence-corrected chi connectivity index (χ1v) is 16.2. The van der Waals surface area contributed by atoms with Crippen LogP contribution in [0.15, 0.2) is 155 Å². The zero-order valence-corrected chi connectivity index (χ0v) is 25.6. The van der Waals surface area contributed by atoms with Crippen molar-refractivity contribution in [1.29, 1.82) is 0 Å². The van der Waals surface area contributed by atoms with E-state index in [-0.39, 0.29) is 10.9 Å². The van der Waals surface area contributed by atoms with Crippen molar-refractivity contribution in [2.24, 2.45) is 0 Å². The number of benzene rings is 7. The van der Waals surface area contributed by atoms with Crippen LogP contribution in [0.1, 0.15) is 0 Å². The van der Waals surface area contributed by atoms with Gasteiger partial charge in [0, 0.05) is 54.2 Å². The highest BCUT2D eigenvalue weighted by Crippen LogP contribution is 2.51. The Bertz CT molecular complexity index is 3070. The molecule has 0 saturated heterocycles. The fourth-order valence-electron chi connectivity index (χ4n) is 8.52. The molecule has 0 amide bonds. The molecule has 11 rings (SSSR count). The monoisotopic (exact) mass is 612 g/mol. The predicted molar refractivity (Wildman–Crippen MR) is 199 cm³/mol. The lowest BCUT2D eigenvalue weighted by molar-refractivity contribution is 1.32. The summed E-state index contributed by atoms with van der Waals surface area (Å²) in [6.45, 7) is 0. The lowest BCUT2D eigenvalue weighted by Gasteiger charge is -2.16. The highest BCUT2D eigenvalue weighted by Gasteiger charge is 2.29. The molecule has 0 atom stereocenters. The normalized spacial score (nSPS) is 12.3. The lowest BCUT2D eigenvalue weighted by atomic mass is 9.89. The third-order valence-corrected chi connectivity index (χ3v) is 10.3. The van der Waals surface area contributed by atoms with E-state index in [9.17, 15) is 9.59 Å². The van der Waals surface area contributed by atoms with Crippen LogP contribution in [0.5, 0.6) is 0 Å². The van der Waals surface area contributed by atoms with E-state index in [1.54, 1.807) is 0 Å². The fourth-order valence-corrected chi connectivity index (χ4v) is 8.52. The van der Waals surface area contributed by atoms with E-state index in [4.69, 9.17) is 0 Å². The minimum atomic E-state index is 0.0417. The Morgan fingerprint density at radius 3 is 1.17 bits per heavy atom. The zero-order valence-electron chi connectivity index (χ0n) is 25.6. The molecule has 0 bridgehead atoms. The van der Waals surface area contributed by atoms with Gasteiger partial charge >= 0.3 is 0 Å². The summed E-state index contributed by atoms with van der Waals surface area (Å²) in [5.74, 6) is 0. The van der Waals surface area contributed by atoms with Crippen molar-refractivity contribution in [3.05, 3.63) is 166 Å². The number of nitrogens with zero attached hydrogens (tertiary/aromatic N) is 2. The van der Waals surface area contributed by atoms with E-state index in [1.807, 2.05) is 72.8 Å². The first kappa shape index (κ1) is 25.6. The molecular weight excluding hydrogens is 588 g/mol. The molecule has 0 fully saturated rings. The first-order chi connectivity index (χ1) is 23.7. The number of aromatic nitrogens is 2. The number of pyridine rings is 2. The Morgan fingerprint density at radius 2 is 0.688 bits per heavy atom. The molecule has 4 heterocycles. The molecule has 0 saturated carbocycles. The molecule has 0 aliphatic rings. The van der Waals surface area contributed by atoms with Gasteiger partial charge in [-0.25, -0.2) is 0 Å². The molecule has 0 N–H and O–H groups in total. The molecule has 222 valence electrons. The molecule has 7 aromatic carbocycles. The lowest BCUT2D eigenvalue weighted by Crippen LogP contribution is -2.07. The highest BCUT2D eigenvalue weighted by atomic mass is 16.1. The summed E-state index contributed by atoms with van der Waals surface area (Å²) >= 11 is 0. The molecule has 4 heteroatoms. The van der Waals surface area contributed by atoms with Crippen LogP contribution in [-0.2, 0) is 0 Å². The van der Waals surface area contributed by atoms with E-state index in [2.05, 4.69) is 81.6 Å². The molecule has 4 nitrogen and oxygen atoms in total. The smallest absolute Gasteiger partial charge is 0.197 e. The van der Waals surface area contributed by atoms with Gasteiger partial charge in [0.1, 0.15) is 0 Å². The minimum Gasteiger partial charge on any atom is -0.307 e. The molecule has 0 aliphatic heterocycles. The van der Waals surface area contributed by atoms with Crippen molar-refractivity contribution in [1.82, 2.24) is 8.80 Å². The van der Waals surface area contributed by atoms with Crippen LogP contribution in [0.4, 0.5) is 0 Å². The van der Waals surface area contributed by atoms with Crippen molar-refractivity contribution < 1.29 is 0 Å². The van der Waals surface area contributed by atoms with Gasteiger partial charge < -0.3 is 8.80 Å². The minimum absolute atomic E-state index is 0.0417. The molecule has 48 heavy (non-hydrogen) atoms. The molecule has 11 aromatic rings. The Morgan fingerprint density at radius 1 is 0.312 bits per heavy atom. The average Bonchev–Trinajstić information content (AvgIpc) is 3.67. The quantitative estimate of drug-likeness (QED) is 0.182. The van der Waals surface area contributed by atoms with Crippen LogP contribution in [0.3, 0.4) is 0 Å². The summed E-state index contributed by atoms with van der Waals surface area (Å²) in [5.41, 5.74) is 10.1. The van der Waals surface area contributed by atoms with Gasteiger partial charge in [-0.05, 0) is 47.5 Å². The van der Waals surface area contributed by atoms with Gasteiger partial charge in [0.05, 0.1) is 33.1 Å². The maximum atomic E-state index is 14.1. The van der Waals surface area contributed by atoms with Gasteiger partial charge in [-0.2, -0.15) is 0 Å². The largest absolute Gasteiger partial charge is 0.307 e. The second-order valence-electron chi connectivity index (χ2n) is 12.7. The molecule has 4 aromatic heterocycles. The fraction of sp³-hybridized carbons (Fsp3) is 0. The predicted octanol–water partition coefficient (Wildman–Crippen LogP) is 10.0. The summed E-state index contributed by atoms with van der Waals surface area (Å²) < 4.78 is 4.66. The summed E-state index contributed by atoms with van der Waals surface area (Å²) in [5, 5.41) is 7.05. The summed E-state index contributed by atoms with van der Waals surface area (Å²) in [4.78, 5) is 28.2. The second-order valence-corrected chi connectivity index (χ2v) is 12.7. The summed E-state index contributed by atoms with van der Waals surface area (Å²) in [6, 6.07) is 49.3. The Kier molecular flexibility index (Phi) is 4.84. The van der Waals surface area contributed by atoms with Crippen LogP contribution >= 0.6 is 0 Å². The van der Waals surface area contributed by atoms with E-state index < -0.39 is 0 Å². The molecule has 0 aliphatic carbocycles. The Labute approximate surface area is 272 Å². The van der Waals surface area contributed by atoms with Gasteiger partial charge in [0.15, 0.2) is 10.9 Å². The molecular formula is C44H24N2O2. The van der Waals surface area contributed by atoms with E-state index in [0.29, 0.717) is 21.5 Å². The average molecular weight is 613 g/mol. The standard InChI is InChI=1S/C44H24N2O2/c47-43-27-17-7-9-23-33(27)45-39-29(19-11-21-31(39)43)37-35(25-13-3-1-4-14-25)38-30-20-12-22-32-40(30)46(34-24-10-8-18-28(34)44(32)48)42(38)36(41(37)45)26-15-5-2-6-16-26/h1-24H.